The van der Waals surface area contributed by atoms with Gasteiger partial charge in [0.05, 0.1) is 25.2 Å². The van der Waals surface area contributed by atoms with Crippen LogP contribution < -0.4 is 20.5 Å². The van der Waals surface area contributed by atoms with Gasteiger partial charge in [-0.3, -0.25) is 4.79 Å². The molecule has 160 valence electrons. The maximum absolute atomic E-state index is 12.9. The molecule has 0 bridgehead atoms. The summed E-state index contributed by atoms with van der Waals surface area (Å²) in [6.45, 7) is 4.45. The highest BCUT2D eigenvalue weighted by Crippen LogP contribution is 2.31. The van der Waals surface area contributed by atoms with Crippen LogP contribution in [0.4, 0.5) is 0 Å². The van der Waals surface area contributed by atoms with Gasteiger partial charge in [0.15, 0.2) is 11.5 Å². The third kappa shape index (κ3) is 5.50. The lowest BCUT2D eigenvalue weighted by molar-refractivity contribution is -0.124. The minimum Gasteiger partial charge on any atom is -0.493 e. The number of hydrogen-bond acceptors (Lipinski definition) is 6. The van der Waals surface area contributed by atoms with Gasteiger partial charge in [0.2, 0.25) is 15.9 Å². The number of sulfonamides is 1. The number of benzene rings is 1. The number of carbonyl (C=O) groups excluding carboxylic acids is 1. The fourth-order valence-corrected chi connectivity index (χ4v) is 4.45. The third-order valence-electron chi connectivity index (χ3n) is 4.81. The molecule has 28 heavy (non-hydrogen) atoms. The largest absolute Gasteiger partial charge is 0.493 e. The molecular formula is C18H30ClN3O5S. The molecule has 0 aromatic heterocycles. The maximum atomic E-state index is 12.9. The lowest BCUT2D eigenvalue weighted by Crippen LogP contribution is -2.51. The van der Waals surface area contributed by atoms with Crippen molar-refractivity contribution in [3.8, 4) is 11.5 Å². The highest BCUT2D eigenvalue weighted by atomic mass is 35.5. The number of nitrogens with two attached hydrogens (primary N) is 1. The van der Waals surface area contributed by atoms with E-state index >= 15 is 0 Å². The van der Waals surface area contributed by atoms with Crippen LogP contribution in [0.15, 0.2) is 23.1 Å². The summed E-state index contributed by atoms with van der Waals surface area (Å²) < 4.78 is 37.6. The Morgan fingerprint density at radius 1 is 1.18 bits per heavy atom. The Bertz CT molecular complexity index is 764. The molecule has 1 fully saturated rings. The normalized spacial score (nSPS) is 16.9. The van der Waals surface area contributed by atoms with Crippen LogP contribution in [0.1, 0.15) is 26.7 Å². The summed E-state index contributed by atoms with van der Waals surface area (Å²) in [7, 11) is -0.682. The van der Waals surface area contributed by atoms with Crippen molar-refractivity contribution in [2.75, 3.05) is 27.3 Å². The minimum atomic E-state index is -3.64. The highest BCUT2D eigenvalue weighted by Gasteiger charge is 2.31. The Kier molecular flexibility index (Phi) is 9.00. The Morgan fingerprint density at radius 2 is 1.75 bits per heavy atom. The molecule has 0 spiro atoms. The number of hydrogen-bond donors (Lipinski definition) is 2. The fourth-order valence-electron chi connectivity index (χ4n) is 2.97. The van der Waals surface area contributed by atoms with Gasteiger partial charge in [-0.15, -0.1) is 12.4 Å². The van der Waals surface area contributed by atoms with E-state index in [4.69, 9.17) is 15.2 Å². The number of rotatable bonds is 7. The van der Waals surface area contributed by atoms with E-state index in [9.17, 15) is 13.2 Å². The average molecular weight is 436 g/mol. The number of halogens is 1. The second-order valence-electron chi connectivity index (χ2n) is 6.97. The van der Waals surface area contributed by atoms with E-state index in [1.165, 1.54) is 30.7 Å². The smallest absolute Gasteiger partial charge is 0.243 e. The molecule has 0 aliphatic carbocycles. The Morgan fingerprint density at radius 3 is 2.25 bits per heavy atom. The first-order valence-corrected chi connectivity index (χ1v) is 10.4. The van der Waals surface area contributed by atoms with Gasteiger partial charge in [-0.05, 0) is 30.9 Å². The standard InChI is InChI=1S/C18H29N3O5S.ClH/c1-12(2)17(19)18(22)20-13-7-9-21(10-8-13)27(23,24)14-5-6-15(25-3)16(11-14)26-4;/h5-6,11-13,17H,7-10,19H2,1-4H3,(H,20,22);1H/t17-;/m0./s1. The number of nitrogens with zero attached hydrogens (tertiary/aromatic N) is 1. The summed E-state index contributed by atoms with van der Waals surface area (Å²) in [5.74, 6) is 0.699. The number of ether oxygens (including phenoxy) is 2. The molecule has 0 saturated carbocycles. The van der Waals surface area contributed by atoms with Crippen LogP contribution in [0, 0.1) is 5.92 Å². The predicted octanol–water partition coefficient (Wildman–Crippen LogP) is 1.38. The molecule has 3 N–H and O–H groups in total. The van der Waals surface area contributed by atoms with Crippen LogP contribution in [0.3, 0.4) is 0 Å². The summed E-state index contributed by atoms with van der Waals surface area (Å²) in [5.41, 5.74) is 5.86. The van der Waals surface area contributed by atoms with E-state index in [1.807, 2.05) is 13.8 Å². The summed E-state index contributed by atoms with van der Waals surface area (Å²) in [6.07, 6.45) is 1.09. The maximum Gasteiger partial charge on any atom is 0.243 e. The minimum absolute atomic E-state index is 0. The Labute approximate surface area is 173 Å². The predicted molar refractivity (Wildman–Crippen MR) is 110 cm³/mol. The topological polar surface area (TPSA) is 111 Å². The van der Waals surface area contributed by atoms with Crippen LogP contribution >= 0.6 is 12.4 Å². The highest BCUT2D eigenvalue weighted by molar-refractivity contribution is 7.89. The summed E-state index contributed by atoms with van der Waals surface area (Å²) >= 11 is 0. The number of nitrogens with one attached hydrogen (secondary N) is 1. The first kappa shape index (κ1) is 24.5. The van der Waals surface area contributed by atoms with Crippen molar-refractivity contribution in [1.29, 1.82) is 0 Å². The summed E-state index contributed by atoms with van der Waals surface area (Å²) in [6, 6.07) is 3.92. The van der Waals surface area contributed by atoms with E-state index in [0.29, 0.717) is 37.4 Å². The number of amides is 1. The van der Waals surface area contributed by atoms with Crippen LogP contribution in [-0.2, 0) is 14.8 Å². The van der Waals surface area contributed by atoms with Gasteiger partial charge in [0, 0.05) is 25.2 Å². The Balaban J connectivity index is 0.00000392. The van der Waals surface area contributed by atoms with Gasteiger partial charge in [-0.25, -0.2) is 8.42 Å². The number of methoxy groups -OCH3 is 2. The van der Waals surface area contributed by atoms with E-state index in [-0.39, 0.29) is 35.2 Å². The van der Waals surface area contributed by atoms with Crippen molar-refractivity contribution in [3.05, 3.63) is 18.2 Å². The second kappa shape index (κ2) is 10.3. The van der Waals surface area contributed by atoms with E-state index in [1.54, 1.807) is 6.07 Å². The summed E-state index contributed by atoms with van der Waals surface area (Å²) in [4.78, 5) is 12.2. The van der Waals surface area contributed by atoms with E-state index in [2.05, 4.69) is 5.32 Å². The quantitative estimate of drug-likeness (QED) is 0.669. The summed E-state index contributed by atoms with van der Waals surface area (Å²) in [5, 5.41) is 2.92. The molecular weight excluding hydrogens is 406 g/mol. The van der Waals surface area contributed by atoms with Gasteiger partial charge >= 0.3 is 0 Å². The first-order valence-electron chi connectivity index (χ1n) is 8.98. The lowest BCUT2D eigenvalue weighted by Gasteiger charge is -2.32. The van der Waals surface area contributed by atoms with Gasteiger partial charge in [-0.2, -0.15) is 4.31 Å². The van der Waals surface area contributed by atoms with Crippen LogP contribution in [0.2, 0.25) is 0 Å². The molecule has 1 atom stereocenters. The number of piperidine rings is 1. The zero-order valence-electron chi connectivity index (χ0n) is 16.7. The molecule has 0 radical (unpaired) electrons. The van der Waals surface area contributed by atoms with Crippen molar-refractivity contribution in [1.82, 2.24) is 9.62 Å². The van der Waals surface area contributed by atoms with Gasteiger partial charge in [-0.1, -0.05) is 13.8 Å². The van der Waals surface area contributed by atoms with Crippen LogP contribution in [-0.4, -0.2) is 58.0 Å². The van der Waals surface area contributed by atoms with E-state index in [0.717, 1.165) is 0 Å². The van der Waals surface area contributed by atoms with Crippen molar-refractivity contribution in [3.63, 3.8) is 0 Å². The first-order chi connectivity index (χ1) is 12.7. The lowest BCUT2D eigenvalue weighted by atomic mass is 10.0. The molecule has 0 unspecified atom stereocenters. The SMILES string of the molecule is COc1ccc(S(=O)(=O)N2CCC(NC(=O)[C@@H](N)C(C)C)CC2)cc1OC.Cl. The molecule has 1 aliphatic rings. The van der Waals surface area contributed by atoms with Crippen molar-refractivity contribution in [2.24, 2.45) is 11.7 Å². The molecule has 1 aliphatic heterocycles. The molecule has 1 amide bonds. The molecule has 1 saturated heterocycles. The van der Waals surface area contributed by atoms with Gasteiger partial charge in [0.1, 0.15) is 0 Å². The third-order valence-corrected chi connectivity index (χ3v) is 6.71. The van der Waals surface area contributed by atoms with Gasteiger partial charge < -0.3 is 20.5 Å². The fraction of sp³-hybridized carbons (Fsp3) is 0.611. The molecule has 2 rings (SSSR count). The zero-order valence-corrected chi connectivity index (χ0v) is 18.3. The zero-order chi connectivity index (χ0) is 20.2. The van der Waals surface area contributed by atoms with E-state index < -0.39 is 16.1 Å². The van der Waals surface area contributed by atoms with Crippen molar-refractivity contribution >= 4 is 28.3 Å². The Hall–Kier alpha value is -1.55. The monoisotopic (exact) mass is 435 g/mol. The molecule has 1 heterocycles. The van der Waals surface area contributed by atoms with Crippen LogP contribution in [0.25, 0.3) is 0 Å². The van der Waals surface area contributed by atoms with Crippen molar-refractivity contribution < 1.29 is 22.7 Å². The number of carbonyl (C=O) groups is 1. The molecule has 8 nitrogen and oxygen atoms in total. The average Bonchev–Trinajstić information content (AvgIpc) is 2.66. The van der Waals surface area contributed by atoms with Crippen molar-refractivity contribution in [2.45, 2.75) is 43.7 Å². The molecule has 1 aromatic rings. The van der Waals surface area contributed by atoms with Gasteiger partial charge in [0.25, 0.3) is 0 Å². The molecule has 1 aromatic carbocycles. The second-order valence-corrected chi connectivity index (χ2v) is 8.91. The van der Waals surface area contributed by atoms with Crippen LogP contribution in [0.5, 0.6) is 11.5 Å². The molecule has 10 heteroatoms.